The van der Waals surface area contributed by atoms with E-state index in [0.29, 0.717) is 23.4 Å². The molecule has 7 heteroatoms. The molecule has 2 amide bonds. The number of hydrogen-bond acceptors (Lipinski definition) is 5. The number of carbonyl (C=O) groups is 2. The molecular weight excluding hydrogens is 356 g/mol. The second-order valence-corrected chi connectivity index (χ2v) is 7.22. The molecule has 148 valence electrons. The molecule has 0 spiro atoms. The van der Waals surface area contributed by atoms with Crippen molar-refractivity contribution < 1.29 is 14.3 Å². The topological polar surface area (TPSA) is 97.5 Å². The predicted octanol–water partition coefficient (Wildman–Crippen LogP) is 2.53. The first-order valence-corrected chi connectivity index (χ1v) is 9.43. The highest BCUT2D eigenvalue weighted by Crippen LogP contribution is 2.32. The molecule has 3 atom stereocenters. The van der Waals surface area contributed by atoms with Gasteiger partial charge in [-0.1, -0.05) is 6.92 Å². The smallest absolute Gasteiger partial charge is 0.251 e. The molecule has 1 aromatic carbocycles. The third kappa shape index (κ3) is 4.48. The summed E-state index contributed by atoms with van der Waals surface area (Å²) in [4.78, 5) is 29.5. The van der Waals surface area contributed by atoms with Crippen LogP contribution in [0.25, 0.3) is 0 Å². The molecule has 0 saturated heterocycles. The van der Waals surface area contributed by atoms with Crippen molar-refractivity contribution in [2.24, 2.45) is 17.7 Å². The van der Waals surface area contributed by atoms with E-state index in [4.69, 9.17) is 10.6 Å². The molecule has 3 unspecified atom stereocenters. The van der Waals surface area contributed by atoms with Crippen molar-refractivity contribution in [2.75, 3.05) is 12.1 Å². The number of hydrazine groups is 1. The number of methoxy groups -OCH3 is 1. The van der Waals surface area contributed by atoms with E-state index in [0.717, 1.165) is 12.8 Å². The Bertz CT molecular complexity index is 810. The van der Waals surface area contributed by atoms with Gasteiger partial charge < -0.3 is 10.1 Å². The zero-order valence-corrected chi connectivity index (χ0v) is 16.2. The number of nitrogens with zero attached hydrogens (tertiary/aromatic N) is 2. The first-order valence-electron chi connectivity index (χ1n) is 9.43. The third-order valence-electron chi connectivity index (χ3n) is 5.36. The number of benzene rings is 1. The highest BCUT2D eigenvalue weighted by Gasteiger charge is 2.35. The van der Waals surface area contributed by atoms with Gasteiger partial charge in [-0.3, -0.25) is 14.6 Å². The molecule has 2 aromatic rings. The molecule has 1 aliphatic carbocycles. The van der Waals surface area contributed by atoms with Gasteiger partial charge in [0.2, 0.25) is 5.91 Å². The van der Waals surface area contributed by atoms with E-state index in [2.05, 4.69) is 17.2 Å². The summed E-state index contributed by atoms with van der Waals surface area (Å²) in [5.74, 6) is 6.39. The normalized spacial score (nSPS) is 21.6. The molecule has 7 nitrogen and oxygen atoms in total. The van der Waals surface area contributed by atoms with E-state index >= 15 is 0 Å². The molecule has 3 N–H and O–H groups in total. The summed E-state index contributed by atoms with van der Waals surface area (Å²) in [7, 11) is 1.58. The summed E-state index contributed by atoms with van der Waals surface area (Å²) < 4.78 is 5.12. The highest BCUT2D eigenvalue weighted by atomic mass is 16.5. The number of pyridine rings is 1. The minimum Gasteiger partial charge on any atom is -0.497 e. The van der Waals surface area contributed by atoms with Crippen LogP contribution < -0.4 is 20.9 Å². The van der Waals surface area contributed by atoms with E-state index < -0.39 is 0 Å². The first kappa shape index (κ1) is 19.8. The highest BCUT2D eigenvalue weighted by molar-refractivity contribution is 5.95. The van der Waals surface area contributed by atoms with Crippen LogP contribution in [0.15, 0.2) is 48.8 Å². The molecule has 1 heterocycles. The number of ether oxygens (including phenoxy) is 1. The Morgan fingerprint density at radius 2 is 1.96 bits per heavy atom. The molecule has 0 aliphatic heterocycles. The second kappa shape index (κ2) is 8.84. The monoisotopic (exact) mass is 382 g/mol. The Hall–Kier alpha value is -2.93. The summed E-state index contributed by atoms with van der Waals surface area (Å²) in [5.41, 5.74) is 1.13. The summed E-state index contributed by atoms with van der Waals surface area (Å²) in [5, 5.41) is 4.22. The largest absolute Gasteiger partial charge is 0.497 e. The van der Waals surface area contributed by atoms with Gasteiger partial charge in [-0.15, -0.1) is 0 Å². The van der Waals surface area contributed by atoms with Crippen molar-refractivity contribution in [2.45, 2.75) is 32.2 Å². The van der Waals surface area contributed by atoms with Crippen LogP contribution in [0.5, 0.6) is 5.75 Å². The van der Waals surface area contributed by atoms with Crippen LogP contribution in [-0.2, 0) is 4.79 Å². The van der Waals surface area contributed by atoms with E-state index in [1.54, 1.807) is 55.9 Å². The van der Waals surface area contributed by atoms with Gasteiger partial charge in [0, 0.05) is 23.7 Å². The fraction of sp³-hybridized carbons (Fsp3) is 0.381. The van der Waals surface area contributed by atoms with E-state index in [-0.39, 0.29) is 29.7 Å². The van der Waals surface area contributed by atoms with Gasteiger partial charge in [0.15, 0.2) is 0 Å². The van der Waals surface area contributed by atoms with Gasteiger partial charge in [0.05, 0.1) is 19.0 Å². The van der Waals surface area contributed by atoms with Crippen LogP contribution in [0.3, 0.4) is 0 Å². The van der Waals surface area contributed by atoms with Gasteiger partial charge in [-0.05, 0) is 61.6 Å². The molecule has 3 rings (SSSR count). The molecule has 0 radical (unpaired) electrons. The average Bonchev–Trinajstić information content (AvgIpc) is 2.74. The quantitative estimate of drug-likeness (QED) is 0.470. The summed E-state index contributed by atoms with van der Waals surface area (Å²) in [6, 6.07) is 10.4. The Morgan fingerprint density at radius 1 is 1.21 bits per heavy atom. The van der Waals surface area contributed by atoms with Crippen molar-refractivity contribution in [3.05, 3.63) is 54.4 Å². The van der Waals surface area contributed by atoms with Gasteiger partial charge in [-0.25, -0.2) is 10.9 Å². The maximum atomic E-state index is 12.9. The molecular formula is C21H26N4O3. The summed E-state index contributed by atoms with van der Waals surface area (Å²) in [6.45, 7) is 2.06. The van der Waals surface area contributed by atoms with Crippen LogP contribution in [0.2, 0.25) is 0 Å². The molecule has 0 bridgehead atoms. The van der Waals surface area contributed by atoms with E-state index in [1.807, 2.05) is 0 Å². The van der Waals surface area contributed by atoms with Crippen LogP contribution in [0, 0.1) is 11.8 Å². The minimum absolute atomic E-state index is 0.0675. The first-order chi connectivity index (χ1) is 13.5. The number of aromatic nitrogens is 1. The van der Waals surface area contributed by atoms with Crippen molar-refractivity contribution in [3.63, 3.8) is 0 Å². The number of anilines is 1. The number of carbonyl (C=O) groups excluding carboxylic acids is 2. The van der Waals surface area contributed by atoms with Gasteiger partial charge in [0.1, 0.15) is 5.75 Å². The molecule has 28 heavy (non-hydrogen) atoms. The Kier molecular flexibility index (Phi) is 6.26. The number of rotatable bonds is 5. The van der Waals surface area contributed by atoms with Crippen LogP contribution in [0.4, 0.5) is 5.69 Å². The lowest BCUT2D eigenvalue weighted by molar-refractivity contribution is -0.125. The van der Waals surface area contributed by atoms with Crippen LogP contribution in [0.1, 0.15) is 36.5 Å². The zero-order chi connectivity index (χ0) is 20.1. The number of hydrogen-bond donors (Lipinski definition) is 2. The van der Waals surface area contributed by atoms with E-state index in [1.165, 1.54) is 5.01 Å². The lowest BCUT2D eigenvalue weighted by Crippen LogP contribution is -2.48. The number of nitrogens with two attached hydrogens (primary N) is 1. The SMILES string of the molecule is COc1ccc(C(=O)NC2CCC(C)C(C(=O)N(N)c3cccnc3)C2)cc1. The Labute approximate surface area is 164 Å². The summed E-state index contributed by atoms with van der Waals surface area (Å²) in [6.07, 6.45) is 5.45. The molecule has 1 fully saturated rings. The van der Waals surface area contributed by atoms with Crippen LogP contribution >= 0.6 is 0 Å². The third-order valence-corrected chi connectivity index (χ3v) is 5.36. The fourth-order valence-corrected chi connectivity index (χ4v) is 3.61. The van der Waals surface area contributed by atoms with Crippen molar-refractivity contribution in [1.29, 1.82) is 0 Å². The maximum Gasteiger partial charge on any atom is 0.251 e. The predicted molar refractivity (Wildman–Crippen MR) is 107 cm³/mol. The van der Waals surface area contributed by atoms with Crippen molar-refractivity contribution >= 4 is 17.5 Å². The number of amides is 2. The lowest BCUT2D eigenvalue weighted by atomic mass is 9.77. The van der Waals surface area contributed by atoms with Gasteiger partial charge >= 0.3 is 0 Å². The second-order valence-electron chi connectivity index (χ2n) is 7.22. The standard InChI is InChI=1S/C21H26N4O3/c1-14-5-8-16(24-20(26)15-6-9-18(28-2)10-7-15)12-19(14)21(27)25(22)17-4-3-11-23-13-17/h3-4,6-7,9-11,13-14,16,19H,5,8,12,22H2,1-2H3,(H,24,26). The Morgan fingerprint density at radius 3 is 2.61 bits per heavy atom. The van der Waals surface area contributed by atoms with Crippen LogP contribution in [-0.4, -0.2) is 29.9 Å². The maximum absolute atomic E-state index is 12.9. The van der Waals surface area contributed by atoms with Gasteiger partial charge in [0.25, 0.3) is 5.91 Å². The minimum atomic E-state index is -0.250. The van der Waals surface area contributed by atoms with E-state index in [9.17, 15) is 9.59 Å². The van der Waals surface area contributed by atoms with Crippen molar-refractivity contribution in [1.82, 2.24) is 10.3 Å². The zero-order valence-electron chi connectivity index (χ0n) is 16.2. The molecule has 1 saturated carbocycles. The van der Waals surface area contributed by atoms with Crippen molar-refractivity contribution in [3.8, 4) is 5.75 Å². The Balaban J connectivity index is 1.64. The van der Waals surface area contributed by atoms with Gasteiger partial charge in [-0.2, -0.15) is 0 Å². The average molecular weight is 382 g/mol. The molecule has 1 aromatic heterocycles. The molecule has 1 aliphatic rings. The lowest BCUT2D eigenvalue weighted by Gasteiger charge is -2.35. The summed E-state index contributed by atoms with van der Waals surface area (Å²) >= 11 is 0. The fourth-order valence-electron chi connectivity index (χ4n) is 3.61. The number of nitrogens with one attached hydrogen (secondary N) is 1.